The molecule has 0 aliphatic heterocycles. The molecule has 0 fully saturated rings. The summed E-state index contributed by atoms with van der Waals surface area (Å²) >= 11 is -0.750. The Morgan fingerprint density at radius 3 is 1.25 bits per heavy atom. The van der Waals surface area contributed by atoms with E-state index in [2.05, 4.69) is 0 Å². The number of hydrogen-bond acceptors (Lipinski definition) is 2. The zero-order valence-corrected chi connectivity index (χ0v) is 4.63. The molecule has 0 saturated heterocycles. The molecule has 0 aliphatic rings. The van der Waals surface area contributed by atoms with Crippen LogP contribution in [0.15, 0.2) is 0 Å². The van der Waals surface area contributed by atoms with Gasteiger partial charge in [-0.25, -0.2) is 0 Å². The number of rotatable bonds is 0. The molecule has 0 heterocycles. The summed E-state index contributed by atoms with van der Waals surface area (Å²) in [5.74, 6) is 0. The molecule has 2 nitrogen and oxygen atoms in total. The molecule has 0 aliphatic carbocycles. The zero-order valence-electron chi connectivity index (χ0n) is 1.54. The predicted molar refractivity (Wildman–Crippen MR) is 8.92 cm³/mol. The van der Waals surface area contributed by atoms with E-state index in [0.29, 0.717) is 0 Å². The molecule has 0 aromatic rings. The summed E-state index contributed by atoms with van der Waals surface area (Å²) in [6.07, 6.45) is 0. The van der Waals surface area contributed by atoms with Crippen LogP contribution in [0, 0.1) is 0 Å². The standard InChI is InChI=1S/O2S.Pt/c1-3-2;. The van der Waals surface area contributed by atoms with Gasteiger partial charge in [0, 0.05) is 21.1 Å². The minimum absolute atomic E-state index is 0. The number of hydrogen-bond donors (Lipinski definition) is 0. The van der Waals surface area contributed by atoms with E-state index in [1.807, 2.05) is 0 Å². The summed E-state index contributed by atoms with van der Waals surface area (Å²) in [5.41, 5.74) is 0. The van der Waals surface area contributed by atoms with Crippen LogP contribution in [0.4, 0.5) is 0 Å². The van der Waals surface area contributed by atoms with Crippen LogP contribution >= 0.6 is 0 Å². The van der Waals surface area contributed by atoms with Gasteiger partial charge >= 0.3 is 11.6 Å². The van der Waals surface area contributed by atoms with Crippen molar-refractivity contribution in [3.8, 4) is 0 Å². The van der Waals surface area contributed by atoms with Crippen LogP contribution in [0.2, 0.25) is 0 Å². The monoisotopic (exact) mass is 259 g/mol. The quantitative estimate of drug-likeness (QED) is 0.578. The second-order valence-electron chi connectivity index (χ2n) is 0.0680. The third-order valence-electron chi connectivity index (χ3n) is 0. The summed E-state index contributed by atoms with van der Waals surface area (Å²) in [7, 11) is 0. The van der Waals surface area contributed by atoms with Crippen molar-refractivity contribution >= 4 is 11.6 Å². The van der Waals surface area contributed by atoms with Gasteiger partial charge in [0.2, 0.25) is 0 Å². The van der Waals surface area contributed by atoms with Gasteiger partial charge in [0.1, 0.15) is 0 Å². The minimum atomic E-state index is -0.750. The van der Waals surface area contributed by atoms with E-state index in [4.69, 9.17) is 8.42 Å². The first-order chi connectivity index (χ1) is 1.41. The fraction of sp³-hybridized carbons (Fsp3) is 0. The smallest absolute Gasteiger partial charge is 0.168 e. The average molecular weight is 259 g/mol. The summed E-state index contributed by atoms with van der Waals surface area (Å²) in [5, 5.41) is 0. The Balaban J connectivity index is 0. The third-order valence-corrected chi connectivity index (χ3v) is 0. The van der Waals surface area contributed by atoms with Crippen molar-refractivity contribution in [2.45, 2.75) is 0 Å². The molecule has 0 atom stereocenters. The van der Waals surface area contributed by atoms with Crippen LogP contribution in [0.3, 0.4) is 0 Å². The van der Waals surface area contributed by atoms with Gasteiger partial charge < -0.3 is 0 Å². The minimum Gasteiger partial charge on any atom is -0.168 e. The maximum atomic E-state index is 8.29. The Labute approximate surface area is 41.5 Å². The second-order valence-corrected chi connectivity index (χ2v) is 0.204. The molecule has 0 aromatic carbocycles. The molecule has 4 heteroatoms. The molecule has 0 radical (unpaired) electrons. The van der Waals surface area contributed by atoms with E-state index in [1.165, 1.54) is 0 Å². The van der Waals surface area contributed by atoms with E-state index < -0.39 is 11.6 Å². The first kappa shape index (κ1) is 8.82. The Hall–Kier alpha value is 0.508. The largest absolute Gasteiger partial charge is 0.335 e. The normalized spacial score (nSPS) is 3.00. The van der Waals surface area contributed by atoms with Crippen molar-refractivity contribution in [3.05, 3.63) is 0 Å². The molecule has 28 valence electrons. The van der Waals surface area contributed by atoms with Gasteiger partial charge in [-0.15, -0.1) is 0 Å². The van der Waals surface area contributed by atoms with Crippen LogP contribution < -0.4 is 0 Å². The van der Waals surface area contributed by atoms with E-state index in [9.17, 15) is 0 Å². The Bertz CT molecular complexity index is 27.0. The van der Waals surface area contributed by atoms with Crippen molar-refractivity contribution in [2.24, 2.45) is 0 Å². The fourth-order valence-electron chi connectivity index (χ4n) is 0. The van der Waals surface area contributed by atoms with Gasteiger partial charge in [-0.3, -0.25) is 0 Å². The topological polar surface area (TPSA) is 34.1 Å². The van der Waals surface area contributed by atoms with Gasteiger partial charge in [0.15, 0.2) is 0 Å². The van der Waals surface area contributed by atoms with Crippen LogP contribution in [-0.2, 0) is 32.6 Å². The van der Waals surface area contributed by atoms with E-state index in [-0.39, 0.29) is 21.1 Å². The molecule has 0 amide bonds. The molecule has 4 heavy (non-hydrogen) atoms. The van der Waals surface area contributed by atoms with Gasteiger partial charge in [-0.2, -0.15) is 8.42 Å². The summed E-state index contributed by atoms with van der Waals surface area (Å²) < 4.78 is 16.6. The predicted octanol–water partition coefficient (Wildman–Crippen LogP) is -0.673. The Morgan fingerprint density at radius 2 is 1.25 bits per heavy atom. The molecule has 0 bridgehead atoms. The van der Waals surface area contributed by atoms with Crippen LogP contribution in [0.5, 0.6) is 0 Å². The van der Waals surface area contributed by atoms with Gasteiger partial charge in [0.05, 0.1) is 0 Å². The van der Waals surface area contributed by atoms with Crippen LogP contribution in [-0.4, -0.2) is 8.42 Å². The Kier molecular flexibility index (Phi) is 21.4. The summed E-state index contributed by atoms with van der Waals surface area (Å²) in [6, 6.07) is 0. The molecule has 0 rings (SSSR count). The van der Waals surface area contributed by atoms with E-state index >= 15 is 0 Å². The molecule has 0 saturated carbocycles. The first-order valence-corrected chi connectivity index (χ1v) is 1.00. The molecular formula is O2PtS. The van der Waals surface area contributed by atoms with E-state index in [1.54, 1.807) is 0 Å². The second kappa shape index (κ2) is 9.70. The molecular weight excluding hydrogens is 259 g/mol. The van der Waals surface area contributed by atoms with Crippen molar-refractivity contribution in [1.29, 1.82) is 0 Å². The van der Waals surface area contributed by atoms with Crippen molar-refractivity contribution in [3.63, 3.8) is 0 Å². The van der Waals surface area contributed by atoms with Gasteiger partial charge in [0.25, 0.3) is 0 Å². The molecule has 0 N–H and O–H groups in total. The maximum Gasteiger partial charge on any atom is 0.335 e. The van der Waals surface area contributed by atoms with Gasteiger partial charge in [-0.1, -0.05) is 0 Å². The zero-order chi connectivity index (χ0) is 2.71. The fourth-order valence-corrected chi connectivity index (χ4v) is 0. The van der Waals surface area contributed by atoms with E-state index in [0.717, 1.165) is 0 Å². The van der Waals surface area contributed by atoms with Crippen LogP contribution in [0.1, 0.15) is 0 Å². The Morgan fingerprint density at radius 1 is 1.25 bits per heavy atom. The van der Waals surface area contributed by atoms with Crippen molar-refractivity contribution in [1.82, 2.24) is 0 Å². The SMILES string of the molecule is O=S=O.[Pt]. The molecule has 0 aromatic heterocycles. The van der Waals surface area contributed by atoms with Crippen molar-refractivity contribution in [2.75, 3.05) is 0 Å². The van der Waals surface area contributed by atoms with Gasteiger partial charge in [-0.05, 0) is 0 Å². The molecule has 0 spiro atoms. The molecule has 0 unspecified atom stereocenters. The third kappa shape index (κ3) is 22.1. The van der Waals surface area contributed by atoms with Crippen molar-refractivity contribution < 1.29 is 29.5 Å². The maximum absolute atomic E-state index is 8.29. The summed E-state index contributed by atoms with van der Waals surface area (Å²) in [4.78, 5) is 0. The van der Waals surface area contributed by atoms with Crippen LogP contribution in [0.25, 0.3) is 0 Å². The first-order valence-electron chi connectivity index (χ1n) is 0.333. The summed E-state index contributed by atoms with van der Waals surface area (Å²) in [6.45, 7) is 0. The average Bonchev–Trinajstić information content (AvgIpc) is 0.918.